The molecule has 0 heterocycles. The van der Waals surface area contributed by atoms with Crippen LogP contribution in [0.5, 0.6) is 0 Å². The number of hydrogen-bond acceptors (Lipinski definition) is 5. The Labute approximate surface area is 192 Å². The number of hydrogen-bond donors (Lipinski definition) is 1. The Morgan fingerprint density at radius 1 is 0.848 bits per heavy atom. The fraction of sp³-hybridized carbons (Fsp3) is 0.269. The van der Waals surface area contributed by atoms with E-state index in [1.165, 1.54) is 11.0 Å². The van der Waals surface area contributed by atoms with Gasteiger partial charge in [-0.1, -0.05) is 60.7 Å². The second-order valence-electron chi connectivity index (χ2n) is 8.58. The summed E-state index contributed by atoms with van der Waals surface area (Å²) in [7, 11) is 0. The number of esters is 1. The lowest BCUT2D eigenvalue weighted by atomic mass is 9.99. The third-order valence-electron chi connectivity index (χ3n) is 5.17. The maximum Gasteiger partial charge on any atom is 0.411 e. The van der Waals surface area contributed by atoms with Crippen LogP contribution in [-0.2, 0) is 27.5 Å². The number of aromatic carboxylic acids is 1. The molecule has 1 N–H and O–H groups in total. The molecule has 3 rings (SSSR count). The standard InChI is InChI=1S/C26H27NO6/c1-26(2,3)27(15-23(28)32-16-18-9-5-4-6-10-18)25(31)33-17-22-20-12-8-7-11-19(20)13-14-21(22)24(29)30/h4-14H,15-17H2,1-3H3,(H,29,30). The molecule has 0 bridgehead atoms. The van der Waals surface area contributed by atoms with E-state index < -0.39 is 23.6 Å². The molecule has 3 aromatic rings. The van der Waals surface area contributed by atoms with Gasteiger partial charge in [-0.3, -0.25) is 9.69 Å². The van der Waals surface area contributed by atoms with Crippen molar-refractivity contribution in [3.8, 4) is 0 Å². The lowest BCUT2D eigenvalue weighted by Gasteiger charge is -2.33. The zero-order valence-electron chi connectivity index (χ0n) is 18.9. The highest BCUT2D eigenvalue weighted by atomic mass is 16.6. The van der Waals surface area contributed by atoms with E-state index in [0.717, 1.165) is 10.9 Å². The van der Waals surface area contributed by atoms with Gasteiger partial charge in [0.25, 0.3) is 0 Å². The van der Waals surface area contributed by atoms with Gasteiger partial charge in [-0.05, 0) is 43.2 Å². The molecule has 0 unspecified atom stereocenters. The molecule has 7 nitrogen and oxygen atoms in total. The fourth-order valence-corrected chi connectivity index (χ4v) is 3.39. The largest absolute Gasteiger partial charge is 0.478 e. The van der Waals surface area contributed by atoms with Gasteiger partial charge in [0.2, 0.25) is 0 Å². The Morgan fingerprint density at radius 2 is 1.52 bits per heavy atom. The van der Waals surface area contributed by atoms with Crippen LogP contribution < -0.4 is 0 Å². The van der Waals surface area contributed by atoms with E-state index in [-0.39, 0.29) is 25.3 Å². The molecule has 172 valence electrons. The van der Waals surface area contributed by atoms with Crippen molar-refractivity contribution >= 4 is 28.8 Å². The van der Waals surface area contributed by atoms with E-state index in [2.05, 4.69) is 0 Å². The molecule has 0 aromatic heterocycles. The predicted octanol–water partition coefficient (Wildman–Crippen LogP) is 5.02. The monoisotopic (exact) mass is 449 g/mol. The van der Waals surface area contributed by atoms with Crippen LogP contribution in [-0.4, -0.2) is 40.1 Å². The van der Waals surface area contributed by atoms with Gasteiger partial charge in [-0.2, -0.15) is 0 Å². The number of carboxylic acid groups (broad SMARTS) is 1. The summed E-state index contributed by atoms with van der Waals surface area (Å²) in [6.07, 6.45) is -0.733. The number of nitrogens with zero attached hydrogens (tertiary/aromatic N) is 1. The molecule has 0 saturated heterocycles. The van der Waals surface area contributed by atoms with Crippen LogP contribution in [0.3, 0.4) is 0 Å². The van der Waals surface area contributed by atoms with Crippen LogP contribution in [0, 0.1) is 0 Å². The second kappa shape index (κ2) is 10.2. The smallest absolute Gasteiger partial charge is 0.411 e. The number of ether oxygens (including phenoxy) is 2. The van der Waals surface area contributed by atoms with E-state index in [9.17, 15) is 19.5 Å². The van der Waals surface area contributed by atoms with Gasteiger partial charge in [0.15, 0.2) is 0 Å². The molecule has 3 aromatic carbocycles. The van der Waals surface area contributed by atoms with Crippen molar-refractivity contribution in [3.05, 3.63) is 83.4 Å². The van der Waals surface area contributed by atoms with E-state index >= 15 is 0 Å². The number of amides is 1. The number of carbonyl (C=O) groups is 3. The van der Waals surface area contributed by atoms with Crippen molar-refractivity contribution in [3.63, 3.8) is 0 Å². The molecule has 0 aliphatic carbocycles. The average Bonchev–Trinajstić information content (AvgIpc) is 2.79. The third-order valence-corrected chi connectivity index (χ3v) is 5.17. The molecule has 0 fully saturated rings. The van der Waals surface area contributed by atoms with Crippen LogP contribution in [0.15, 0.2) is 66.7 Å². The molecule has 0 atom stereocenters. The lowest BCUT2D eigenvalue weighted by molar-refractivity contribution is -0.147. The van der Waals surface area contributed by atoms with Crippen molar-refractivity contribution in [2.45, 2.75) is 39.5 Å². The minimum atomic E-state index is -1.11. The lowest BCUT2D eigenvalue weighted by Crippen LogP contribution is -2.48. The van der Waals surface area contributed by atoms with Gasteiger partial charge >= 0.3 is 18.0 Å². The summed E-state index contributed by atoms with van der Waals surface area (Å²) in [5.74, 6) is -1.67. The second-order valence-corrected chi connectivity index (χ2v) is 8.58. The average molecular weight is 450 g/mol. The van der Waals surface area contributed by atoms with Crippen molar-refractivity contribution in [1.29, 1.82) is 0 Å². The first-order chi connectivity index (χ1) is 15.7. The molecule has 0 radical (unpaired) electrons. The number of rotatable bonds is 7. The van der Waals surface area contributed by atoms with Gasteiger partial charge in [0.05, 0.1) is 5.56 Å². The minimum Gasteiger partial charge on any atom is -0.478 e. The Balaban J connectivity index is 1.73. The molecule has 0 aliphatic heterocycles. The van der Waals surface area contributed by atoms with E-state index in [1.807, 2.05) is 42.5 Å². The van der Waals surface area contributed by atoms with Gasteiger partial charge < -0.3 is 14.6 Å². The van der Waals surface area contributed by atoms with Crippen LogP contribution >= 0.6 is 0 Å². The van der Waals surface area contributed by atoms with Gasteiger partial charge in [0.1, 0.15) is 19.8 Å². The highest BCUT2D eigenvalue weighted by Crippen LogP contribution is 2.24. The van der Waals surface area contributed by atoms with E-state index in [1.54, 1.807) is 39.0 Å². The summed E-state index contributed by atoms with van der Waals surface area (Å²) in [5.41, 5.74) is 0.575. The first kappa shape index (κ1) is 23.8. The normalized spacial score (nSPS) is 11.1. The number of carboxylic acids is 1. The summed E-state index contributed by atoms with van der Waals surface area (Å²) in [5, 5.41) is 11.1. The van der Waals surface area contributed by atoms with Crippen LogP contribution in [0.2, 0.25) is 0 Å². The summed E-state index contributed by atoms with van der Waals surface area (Å²) >= 11 is 0. The van der Waals surface area contributed by atoms with Crippen molar-refractivity contribution < 1.29 is 29.0 Å². The Kier molecular flexibility index (Phi) is 7.33. The molecule has 7 heteroatoms. The summed E-state index contributed by atoms with van der Waals surface area (Å²) in [6, 6.07) is 19.7. The number of benzene rings is 3. The maximum atomic E-state index is 12.9. The predicted molar refractivity (Wildman–Crippen MR) is 124 cm³/mol. The van der Waals surface area contributed by atoms with Crippen LogP contribution in [0.1, 0.15) is 42.3 Å². The number of carbonyl (C=O) groups excluding carboxylic acids is 2. The summed E-state index contributed by atoms with van der Waals surface area (Å²) in [6.45, 7) is 4.90. The summed E-state index contributed by atoms with van der Waals surface area (Å²) < 4.78 is 10.8. The molecular formula is C26H27NO6. The topological polar surface area (TPSA) is 93.1 Å². The fourth-order valence-electron chi connectivity index (χ4n) is 3.39. The summed E-state index contributed by atoms with van der Waals surface area (Å²) in [4.78, 5) is 38.4. The van der Waals surface area contributed by atoms with Crippen molar-refractivity contribution in [1.82, 2.24) is 4.90 Å². The van der Waals surface area contributed by atoms with Gasteiger partial charge in [-0.15, -0.1) is 0 Å². The van der Waals surface area contributed by atoms with E-state index in [4.69, 9.17) is 9.47 Å². The maximum absolute atomic E-state index is 12.9. The van der Waals surface area contributed by atoms with Crippen molar-refractivity contribution in [2.24, 2.45) is 0 Å². The Bertz CT molecular complexity index is 1150. The van der Waals surface area contributed by atoms with Crippen LogP contribution in [0.25, 0.3) is 10.8 Å². The highest BCUT2D eigenvalue weighted by Gasteiger charge is 2.31. The first-order valence-electron chi connectivity index (χ1n) is 10.5. The quantitative estimate of drug-likeness (QED) is 0.509. The Morgan fingerprint density at radius 3 is 2.18 bits per heavy atom. The van der Waals surface area contributed by atoms with Crippen molar-refractivity contribution in [2.75, 3.05) is 6.54 Å². The highest BCUT2D eigenvalue weighted by molar-refractivity contribution is 5.98. The zero-order valence-corrected chi connectivity index (χ0v) is 18.9. The first-order valence-corrected chi connectivity index (χ1v) is 10.5. The number of fused-ring (bicyclic) bond motifs is 1. The molecular weight excluding hydrogens is 422 g/mol. The van der Waals surface area contributed by atoms with Gasteiger partial charge in [-0.25, -0.2) is 9.59 Å². The molecule has 0 saturated carbocycles. The van der Waals surface area contributed by atoms with Crippen LogP contribution in [0.4, 0.5) is 4.79 Å². The molecule has 0 spiro atoms. The zero-order chi connectivity index (χ0) is 24.0. The van der Waals surface area contributed by atoms with E-state index in [0.29, 0.717) is 10.9 Å². The molecule has 33 heavy (non-hydrogen) atoms. The Hall–Kier alpha value is -3.87. The molecule has 0 aliphatic rings. The SMILES string of the molecule is CC(C)(C)N(CC(=O)OCc1ccccc1)C(=O)OCc1c(C(=O)O)ccc2ccccc12. The molecule has 1 amide bonds. The third kappa shape index (κ3) is 6.10. The van der Waals surface area contributed by atoms with Gasteiger partial charge in [0, 0.05) is 11.1 Å². The minimum absolute atomic E-state index is 0.0612.